The van der Waals surface area contributed by atoms with E-state index >= 15 is 0 Å². The lowest BCUT2D eigenvalue weighted by Crippen LogP contribution is -2.39. The quantitative estimate of drug-likeness (QED) is 0.482. The number of benzene rings is 1. The Morgan fingerprint density at radius 1 is 1.16 bits per heavy atom. The molecule has 1 aliphatic heterocycles. The molecule has 0 saturated heterocycles. The topological polar surface area (TPSA) is 83.1 Å². The lowest BCUT2D eigenvalue weighted by molar-refractivity contribution is -0.140. The van der Waals surface area contributed by atoms with Crippen molar-refractivity contribution in [2.75, 3.05) is 34.0 Å². The van der Waals surface area contributed by atoms with Crippen LogP contribution in [0.1, 0.15) is 52.0 Å². The van der Waals surface area contributed by atoms with Crippen molar-refractivity contribution in [1.82, 2.24) is 5.32 Å². The standard InChI is InChI=1S/C25H33NO6/c1-7-31-11-12-32-24(28)20-15(2)26-17-13-25(3,4)14-18(27)22(17)21(20)16-9-8-10-19(29-5)23(16)30-6/h8-10,21,26H,7,11-14H2,1-6H3. The van der Waals surface area contributed by atoms with E-state index in [1.54, 1.807) is 20.3 Å². The number of hydrogen-bond acceptors (Lipinski definition) is 7. The van der Waals surface area contributed by atoms with Crippen LogP contribution in [0.5, 0.6) is 11.5 Å². The summed E-state index contributed by atoms with van der Waals surface area (Å²) in [5, 5.41) is 3.34. The molecule has 0 fully saturated rings. The average molecular weight is 444 g/mol. The summed E-state index contributed by atoms with van der Waals surface area (Å²) in [6.45, 7) is 8.88. The lowest BCUT2D eigenvalue weighted by Gasteiger charge is -2.39. The Bertz CT molecular complexity index is 959. The Hall–Kier alpha value is -2.80. The SMILES string of the molecule is CCOCCOC(=O)C1=C(C)NC2=C(C(=O)CC(C)(C)C2)C1c1cccc(OC)c1OC. The molecule has 0 saturated carbocycles. The van der Waals surface area contributed by atoms with Gasteiger partial charge in [-0.25, -0.2) is 4.79 Å². The van der Waals surface area contributed by atoms with Gasteiger partial charge in [0, 0.05) is 35.6 Å². The summed E-state index contributed by atoms with van der Waals surface area (Å²) in [7, 11) is 3.12. The number of rotatable bonds is 8. The van der Waals surface area contributed by atoms with E-state index in [4.69, 9.17) is 18.9 Å². The van der Waals surface area contributed by atoms with Crippen molar-refractivity contribution in [3.05, 3.63) is 46.3 Å². The molecule has 3 rings (SSSR count). The number of para-hydroxylation sites is 1. The summed E-state index contributed by atoms with van der Waals surface area (Å²) < 4.78 is 22.0. The van der Waals surface area contributed by atoms with Gasteiger partial charge < -0.3 is 24.3 Å². The molecular formula is C25H33NO6. The highest BCUT2D eigenvalue weighted by Gasteiger charge is 2.44. The highest BCUT2D eigenvalue weighted by molar-refractivity contribution is 6.04. The van der Waals surface area contributed by atoms with Crippen LogP contribution in [0.25, 0.3) is 0 Å². The highest BCUT2D eigenvalue weighted by atomic mass is 16.6. The van der Waals surface area contributed by atoms with Gasteiger partial charge in [-0.3, -0.25) is 4.79 Å². The number of Topliss-reactive ketones (excluding diaryl/α,β-unsaturated/α-hetero) is 1. The first-order valence-corrected chi connectivity index (χ1v) is 10.9. The maximum Gasteiger partial charge on any atom is 0.336 e. The molecule has 0 radical (unpaired) electrons. The second-order valence-electron chi connectivity index (χ2n) is 8.85. The van der Waals surface area contributed by atoms with Crippen molar-refractivity contribution in [1.29, 1.82) is 0 Å². The molecule has 1 aliphatic carbocycles. The Morgan fingerprint density at radius 3 is 2.56 bits per heavy atom. The van der Waals surface area contributed by atoms with E-state index < -0.39 is 11.9 Å². The van der Waals surface area contributed by atoms with Gasteiger partial charge in [0.2, 0.25) is 0 Å². The first kappa shape index (κ1) is 23.9. The maximum atomic E-state index is 13.4. The third kappa shape index (κ3) is 4.67. The molecule has 1 atom stereocenters. The molecule has 1 heterocycles. The van der Waals surface area contributed by atoms with E-state index in [0.717, 1.165) is 5.70 Å². The van der Waals surface area contributed by atoms with Gasteiger partial charge >= 0.3 is 5.97 Å². The molecule has 0 amide bonds. The van der Waals surface area contributed by atoms with Crippen molar-refractivity contribution in [3.8, 4) is 11.5 Å². The number of esters is 1. The van der Waals surface area contributed by atoms with Crippen molar-refractivity contribution in [2.24, 2.45) is 5.41 Å². The van der Waals surface area contributed by atoms with Crippen LogP contribution >= 0.6 is 0 Å². The summed E-state index contributed by atoms with van der Waals surface area (Å²) in [6.07, 6.45) is 1.11. The van der Waals surface area contributed by atoms with Crippen molar-refractivity contribution in [3.63, 3.8) is 0 Å². The van der Waals surface area contributed by atoms with E-state index in [0.29, 0.717) is 60.0 Å². The number of hydrogen-bond donors (Lipinski definition) is 1. The molecule has 1 unspecified atom stereocenters. The largest absolute Gasteiger partial charge is 0.493 e. The van der Waals surface area contributed by atoms with Gasteiger partial charge in [0.25, 0.3) is 0 Å². The molecule has 0 bridgehead atoms. The molecule has 1 aromatic rings. The number of carbonyl (C=O) groups is 2. The molecule has 1 N–H and O–H groups in total. The van der Waals surface area contributed by atoms with Crippen molar-refractivity contribution in [2.45, 2.75) is 46.5 Å². The number of methoxy groups -OCH3 is 2. The normalized spacial score (nSPS) is 19.9. The first-order chi connectivity index (χ1) is 15.2. The van der Waals surface area contributed by atoms with Gasteiger partial charge in [0.1, 0.15) is 6.61 Å². The van der Waals surface area contributed by atoms with Gasteiger partial charge in [-0.05, 0) is 31.7 Å². The number of allylic oxidation sites excluding steroid dienone is 3. The molecule has 1 aromatic carbocycles. The van der Waals surface area contributed by atoms with Crippen LogP contribution in [0.15, 0.2) is 40.7 Å². The van der Waals surface area contributed by atoms with Crippen LogP contribution in [0.2, 0.25) is 0 Å². The predicted molar refractivity (Wildman–Crippen MR) is 121 cm³/mol. The summed E-state index contributed by atoms with van der Waals surface area (Å²) in [4.78, 5) is 26.6. The van der Waals surface area contributed by atoms with Gasteiger partial charge in [0.05, 0.1) is 32.3 Å². The van der Waals surface area contributed by atoms with Gasteiger partial charge in [-0.1, -0.05) is 26.0 Å². The number of ketones is 1. The lowest BCUT2D eigenvalue weighted by atomic mass is 9.68. The fourth-order valence-electron chi connectivity index (χ4n) is 4.57. The van der Waals surface area contributed by atoms with Crippen LogP contribution < -0.4 is 14.8 Å². The number of dihydropyridines is 1. The fraction of sp³-hybridized carbons (Fsp3) is 0.520. The van der Waals surface area contributed by atoms with Gasteiger partial charge in [0.15, 0.2) is 17.3 Å². The monoisotopic (exact) mass is 443 g/mol. The van der Waals surface area contributed by atoms with E-state index in [1.807, 2.05) is 26.0 Å². The molecule has 0 spiro atoms. The molecule has 0 aromatic heterocycles. The molecule has 7 heteroatoms. The minimum atomic E-state index is -0.612. The van der Waals surface area contributed by atoms with Crippen LogP contribution in [-0.2, 0) is 19.1 Å². The predicted octanol–water partition coefficient (Wildman–Crippen LogP) is 3.89. The molecular weight excluding hydrogens is 410 g/mol. The Morgan fingerprint density at radius 2 is 1.91 bits per heavy atom. The zero-order valence-corrected chi connectivity index (χ0v) is 19.8. The van der Waals surface area contributed by atoms with Gasteiger partial charge in [-0.15, -0.1) is 0 Å². The highest BCUT2D eigenvalue weighted by Crippen LogP contribution is 2.50. The smallest absolute Gasteiger partial charge is 0.336 e. The van der Waals surface area contributed by atoms with Gasteiger partial charge in [-0.2, -0.15) is 0 Å². The van der Waals surface area contributed by atoms with Crippen LogP contribution in [0, 0.1) is 5.41 Å². The minimum Gasteiger partial charge on any atom is -0.493 e. The third-order valence-corrected chi connectivity index (χ3v) is 5.87. The Balaban J connectivity index is 2.13. The summed E-state index contributed by atoms with van der Waals surface area (Å²) in [5.41, 5.74) is 3.06. The number of carbonyl (C=O) groups excluding carboxylic acids is 2. The summed E-state index contributed by atoms with van der Waals surface area (Å²) in [6, 6.07) is 5.50. The van der Waals surface area contributed by atoms with E-state index in [9.17, 15) is 9.59 Å². The zero-order valence-electron chi connectivity index (χ0n) is 19.8. The van der Waals surface area contributed by atoms with E-state index in [2.05, 4.69) is 19.2 Å². The van der Waals surface area contributed by atoms with Crippen LogP contribution in [-0.4, -0.2) is 45.8 Å². The summed E-state index contributed by atoms with van der Waals surface area (Å²) in [5.74, 6) is -0.0335. The first-order valence-electron chi connectivity index (χ1n) is 10.9. The molecule has 7 nitrogen and oxygen atoms in total. The second kappa shape index (κ2) is 9.77. The molecule has 2 aliphatic rings. The third-order valence-electron chi connectivity index (χ3n) is 5.87. The van der Waals surface area contributed by atoms with E-state index in [-0.39, 0.29) is 17.8 Å². The van der Waals surface area contributed by atoms with Crippen molar-refractivity contribution >= 4 is 11.8 Å². The Kier molecular flexibility index (Phi) is 7.29. The van der Waals surface area contributed by atoms with Crippen molar-refractivity contribution < 1.29 is 28.5 Å². The fourth-order valence-corrected chi connectivity index (χ4v) is 4.57. The number of nitrogens with one attached hydrogen (secondary N) is 1. The van der Waals surface area contributed by atoms with Crippen LogP contribution in [0.4, 0.5) is 0 Å². The van der Waals surface area contributed by atoms with Crippen LogP contribution in [0.3, 0.4) is 0 Å². The average Bonchev–Trinajstić information content (AvgIpc) is 2.74. The molecule has 32 heavy (non-hydrogen) atoms. The minimum absolute atomic E-state index is 0.0192. The summed E-state index contributed by atoms with van der Waals surface area (Å²) >= 11 is 0. The second-order valence-corrected chi connectivity index (χ2v) is 8.85. The maximum absolute atomic E-state index is 13.4. The Labute approximate surface area is 189 Å². The molecule has 174 valence electrons. The number of ether oxygens (including phenoxy) is 4. The zero-order chi connectivity index (χ0) is 23.5. The van der Waals surface area contributed by atoms with E-state index in [1.165, 1.54) is 0 Å².